The maximum atomic E-state index is 12.1. The Labute approximate surface area is 169 Å². The lowest BCUT2D eigenvalue weighted by Gasteiger charge is -2.06. The number of unbranched alkanes of at least 4 members (excludes halogenated alkanes) is 11. The molecular weight excluding hydrogens is 350 g/mol. The number of benzene rings is 1. The second kappa shape index (κ2) is 14.1. The number of nitrogens with zero attached hydrogens (tertiary/aromatic N) is 2. The molecule has 154 valence electrons. The van der Waals surface area contributed by atoms with Crippen molar-refractivity contribution in [3.63, 3.8) is 0 Å². The first-order valence-corrected chi connectivity index (χ1v) is 10.9. The molecule has 5 nitrogen and oxygen atoms in total. The van der Waals surface area contributed by atoms with Crippen LogP contribution in [-0.4, -0.2) is 27.6 Å². The van der Waals surface area contributed by atoms with Crippen molar-refractivity contribution in [3.05, 3.63) is 30.6 Å². The van der Waals surface area contributed by atoms with Gasteiger partial charge in [-0.3, -0.25) is 14.8 Å². The molecule has 0 aliphatic heterocycles. The molecule has 1 aromatic carbocycles. The maximum absolute atomic E-state index is 12.1. The summed E-state index contributed by atoms with van der Waals surface area (Å²) in [6.07, 6.45) is 18.4. The third-order valence-electron chi connectivity index (χ3n) is 5.07. The first-order chi connectivity index (χ1) is 13.8. The standard InChI is InChI=1S/C23H35N3O2/c27-18-12-10-8-6-4-2-1-3-5-7-9-11-13-23(28)26-20-14-15-21-22(19-20)25-17-16-24-21/h14-17,19,27H,1-13,18H2,(H,26,28). The van der Waals surface area contributed by atoms with Crippen LogP contribution >= 0.6 is 0 Å². The SMILES string of the molecule is O=C(CCCCCCCCCCCCCCO)Nc1ccc2nccnc2c1. The van der Waals surface area contributed by atoms with Gasteiger partial charge in [-0.25, -0.2) is 0 Å². The molecule has 0 saturated carbocycles. The van der Waals surface area contributed by atoms with Crippen LogP contribution in [0.25, 0.3) is 11.0 Å². The fourth-order valence-electron chi connectivity index (χ4n) is 3.43. The third kappa shape index (κ3) is 9.27. The summed E-state index contributed by atoms with van der Waals surface area (Å²) in [7, 11) is 0. The molecule has 5 heteroatoms. The Morgan fingerprint density at radius 2 is 1.29 bits per heavy atom. The van der Waals surface area contributed by atoms with Crippen molar-refractivity contribution in [2.24, 2.45) is 0 Å². The van der Waals surface area contributed by atoms with Crippen LogP contribution in [-0.2, 0) is 4.79 Å². The lowest BCUT2D eigenvalue weighted by molar-refractivity contribution is -0.116. The Morgan fingerprint density at radius 1 is 0.750 bits per heavy atom. The summed E-state index contributed by atoms with van der Waals surface area (Å²) < 4.78 is 0. The van der Waals surface area contributed by atoms with Crippen molar-refractivity contribution >= 4 is 22.6 Å². The van der Waals surface area contributed by atoms with Crippen molar-refractivity contribution in [3.8, 4) is 0 Å². The number of rotatable bonds is 15. The van der Waals surface area contributed by atoms with E-state index < -0.39 is 0 Å². The number of carbonyl (C=O) groups is 1. The number of nitrogens with one attached hydrogen (secondary N) is 1. The number of carbonyl (C=O) groups excluding carboxylic acids is 1. The van der Waals surface area contributed by atoms with E-state index in [1.54, 1.807) is 12.4 Å². The van der Waals surface area contributed by atoms with Crippen molar-refractivity contribution in [2.75, 3.05) is 11.9 Å². The fourth-order valence-corrected chi connectivity index (χ4v) is 3.43. The van der Waals surface area contributed by atoms with Gasteiger partial charge in [0.25, 0.3) is 0 Å². The highest BCUT2D eigenvalue weighted by Gasteiger charge is 2.04. The molecule has 1 amide bonds. The fraction of sp³-hybridized carbons (Fsp3) is 0.609. The topological polar surface area (TPSA) is 75.1 Å². The highest BCUT2D eigenvalue weighted by molar-refractivity contribution is 5.92. The minimum atomic E-state index is 0.0736. The van der Waals surface area contributed by atoms with Crippen LogP contribution in [0.1, 0.15) is 83.5 Å². The number of aliphatic hydroxyl groups is 1. The molecule has 0 atom stereocenters. The molecular formula is C23H35N3O2. The highest BCUT2D eigenvalue weighted by atomic mass is 16.2. The van der Waals surface area contributed by atoms with Crippen LogP contribution < -0.4 is 5.32 Å². The summed E-state index contributed by atoms with van der Waals surface area (Å²) in [4.78, 5) is 20.6. The van der Waals surface area contributed by atoms with E-state index in [4.69, 9.17) is 5.11 Å². The molecule has 0 aliphatic rings. The van der Waals surface area contributed by atoms with Crippen LogP contribution in [0.2, 0.25) is 0 Å². The van der Waals surface area contributed by atoms with Gasteiger partial charge in [0.2, 0.25) is 5.91 Å². The van der Waals surface area contributed by atoms with Gasteiger partial charge in [-0.05, 0) is 31.0 Å². The Hall–Kier alpha value is -2.01. The predicted molar refractivity (Wildman–Crippen MR) is 115 cm³/mol. The van der Waals surface area contributed by atoms with Gasteiger partial charge < -0.3 is 10.4 Å². The van der Waals surface area contributed by atoms with Crippen molar-refractivity contribution in [1.82, 2.24) is 9.97 Å². The van der Waals surface area contributed by atoms with Crippen LogP contribution in [0, 0.1) is 0 Å². The number of hydrogen-bond acceptors (Lipinski definition) is 4. The lowest BCUT2D eigenvalue weighted by Crippen LogP contribution is -2.11. The molecule has 0 spiro atoms. The molecule has 0 fully saturated rings. The number of amides is 1. The lowest BCUT2D eigenvalue weighted by atomic mass is 10.0. The second-order valence-electron chi connectivity index (χ2n) is 7.52. The van der Waals surface area contributed by atoms with E-state index >= 15 is 0 Å². The number of fused-ring (bicyclic) bond motifs is 1. The highest BCUT2D eigenvalue weighted by Crippen LogP contribution is 2.16. The van der Waals surface area contributed by atoms with Gasteiger partial charge >= 0.3 is 0 Å². The molecule has 0 unspecified atom stereocenters. The van der Waals surface area contributed by atoms with Gasteiger partial charge in [0.05, 0.1) is 11.0 Å². The van der Waals surface area contributed by atoms with Gasteiger partial charge in [0, 0.05) is 31.1 Å². The molecule has 28 heavy (non-hydrogen) atoms. The summed E-state index contributed by atoms with van der Waals surface area (Å²) in [5, 5.41) is 11.7. The van der Waals surface area contributed by atoms with Crippen LogP contribution in [0.4, 0.5) is 5.69 Å². The normalized spacial score (nSPS) is 11.0. The van der Waals surface area contributed by atoms with E-state index in [-0.39, 0.29) is 5.91 Å². The molecule has 0 saturated heterocycles. The van der Waals surface area contributed by atoms with Crippen LogP contribution in [0.3, 0.4) is 0 Å². The number of aliphatic hydroxyl groups excluding tert-OH is 1. The van der Waals surface area contributed by atoms with E-state index in [2.05, 4.69) is 15.3 Å². The quantitative estimate of drug-likeness (QED) is 0.389. The Balaban J connectivity index is 1.44. The van der Waals surface area contributed by atoms with E-state index in [1.165, 1.54) is 57.8 Å². The smallest absolute Gasteiger partial charge is 0.224 e. The van der Waals surface area contributed by atoms with Gasteiger partial charge in [0.1, 0.15) is 0 Å². The average molecular weight is 386 g/mol. The summed E-state index contributed by atoms with van der Waals surface area (Å²) in [6.45, 7) is 0.334. The average Bonchev–Trinajstić information content (AvgIpc) is 2.71. The Kier molecular flexibility index (Phi) is 11.2. The zero-order chi connectivity index (χ0) is 19.9. The zero-order valence-electron chi connectivity index (χ0n) is 17.0. The minimum Gasteiger partial charge on any atom is -0.396 e. The van der Waals surface area contributed by atoms with E-state index in [9.17, 15) is 4.79 Å². The van der Waals surface area contributed by atoms with Crippen molar-refractivity contribution in [2.45, 2.75) is 83.5 Å². The van der Waals surface area contributed by atoms with Gasteiger partial charge in [0.15, 0.2) is 0 Å². The first kappa shape index (κ1) is 22.3. The predicted octanol–water partition coefficient (Wildman–Crippen LogP) is 5.63. The molecule has 0 radical (unpaired) electrons. The monoisotopic (exact) mass is 385 g/mol. The second-order valence-corrected chi connectivity index (χ2v) is 7.52. The number of hydrogen-bond donors (Lipinski definition) is 2. The largest absolute Gasteiger partial charge is 0.396 e. The van der Waals surface area contributed by atoms with Gasteiger partial charge in [-0.15, -0.1) is 0 Å². The zero-order valence-corrected chi connectivity index (χ0v) is 17.0. The van der Waals surface area contributed by atoms with Crippen molar-refractivity contribution < 1.29 is 9.90 Å². The van der Waals surface area contributed by atoms with Gasteiger partial charge in [-0.2, -0.15) is 0 Å². The van der Waals surface area contributed by atoms with Crippen LogP contribution in [0.15, 0.2) is 30.6 Å². The molecule has 2 aromatic rings. The molecule has 1 aromatic heterocycles. The number of aromatic nitrogens is 2. The summed E-state index contributed by atoms with van der Waals surface area (Å²) in [5.74, 6) is 0.0736. The van der Waals surface area contributed by atoms with E-state index in [1.807, 2.05) is 18.2 Å². The third-order valence-corrected chi connectivity index (χ3v) is 5.07. The Bertz CT molecular complexity index is 690. The van der Waals surface area contributed by atoms with E-state index in [0.717, 1.165) is 36.0 Å². The first-order valence-electron chi connectivity index (χ1n) is 10.9. The molecule has 0 aliphatic carbocycles. The number of anilines is 1. The molecule has 2 N–H and O–H groups in total. The summed E-state index contributed by atoms with van der Waals surface area (Å²) in [6, 6.07) is 5.63. The van der Waals surface area contributed by atoms with E-state index in [0.29, 0.717) is 13.0 Å². The molecule has 2 rings (SSSR count). The molecule has 0 bridgehead atoms. The molecule has 1 heterocycles. The van der Waals surface area contributed by atoms with Gasteiger partial charge in [-0.1, -0.05) is 64.2 Å². The maximum Gasteiger partial charge on any atom is 0.224 e. The Morgan fingerprint density at radius 3 is 1.89 bits per heavy atom. The summed E-state index contributed by atoms with van der Waals surface area (Å²) >= 11 is 0. The van der Waals surface area contributed by atoms with Crippen LogP contribution in [0.5, 0.6) is 0 Å². The minimum absolute atomic E-state index is 0.0736. The summed E-state index contributed by atoms with van der Waals surface area (Å²) in [5.41, 5.74) is 2.42. The van der Waals surface area contributed by atoms with Crippen molar-refractivity contribution in [1.29, 1.82) is 0 Å².